The maximum atomic E-state index is 12.5. The van der Waals surface area contributed by atoms with Crippen LogP contribution in [0.1, 0.15) is 98.3 Å². The van der Waals surface area contributed by atoms with E-state index in [1.54, 1.807) is 0 Å². The number of hydrogen-bond donors (Lipinski definition) is 3. The maximum Gasteiger partial charge on any atom is 0.229 e. The van der Waals surface area contributed by atoms with Crippen LogP contribution < -0.4 is 10.6 Å². The third-order valence-corrected chi connectivity index (χ3v) is 13.1. The highest BCUT2D eigenvalue weighted by Gasteiger charge is 2.69. The molecule has 12 atom stereocenters. The van der Waals surface area contributed by atoms with Gasteiger partial charge in [0.1, 0.15) is 6.42 Å². The van der Waals surface area contributed by atoms with Crippen LogP contribution in [0.25, 0.3) is 0 Å². The largest absolute Gasteiger partial charge is 0.395 e. The normalized spacial score (nSPS) is 50.4. The van der Waals surface area contributed by atoms with Crippen LogP contribution in [0, 0.1) is 52.3 Å². The van der Waals surface area contributed by atoms with E-state index >= 15 is 0 Å². The molecule has 2 saturated heterocycles. The summed E-state index contributed by atoms with van der Waals surface area (Å²) in [5.74, 6) is 3.83. The molecule has 220 valence electrons. The topological polar surface area (TPSA) is 96.9 Å². The number of amides is 2. The Morgan fingerprint density at radius 3 is 2.46 bits per heavy atom. The third-order valence-electron chi connectivity index (χ3n) is 13.1. The first-order chi connectivity index (χ1) is 18.6. The molecule has 0 aromatic carbocycles. The van der Waals surface area contributed by atoms with Crippen molar-refractivity contribution in [2.75, 3.05) is 19.8 Å². The second-order valence-electron chi connectivity index (χ2n) is 15.0. The number of ether oxygens (including phenoxy) is 2. The Hall–Kier alpha value is -1.18. The zero-order valence-corrected chi connectivity index (χ0v) is 24.7. The van der Waals surface area contributed by atoms with Crippen LogP contribution in [0.3, 0.4) is 0 Å². The lowest BCUT2D eigenvalue weighted by Crippen LogP contribution is -2.56. The quantitative estimate of drug-likeness (QED) is 0.446. The smallest absolute Gasteiger partial charge is 0.229 e. The molecular weight excluding hydrogens is 492 g/mol. The minimum Gasteiger partial charge on any atom is -0.395 e. The Morgan fingerprint density at radius 2 is 1.72 bits per heavy atom. The van der Waals surface area contributed by atoms with Crippen molar-refractivity contribution in [1.29, 1.82) is 0 Å². The minimum atomic E-state index is -0.335. The Kier molecular flexibility index (Phi) is 7.36. The molecule has 0 aromatic heterocycles. The number of aliphatic hydroxyl groups excluding tert-OH is 1. The zero-order valence-electron chi connectivity index (χ0n) is 24.7. The van der Waals surface area contributed by atoms with E-state index in [1.807, 2.05) is 0 Å². The maximum absolute atomic E-state index is 12.5. The zero-order chi connectivity index (χ0) is 27.6. The van der Waals surface area contributed by atoms with E-state index in [0.717, 1.165) is 43.6 Å². The summed E-state index contributed by atoms with van der Waals surface area (Å²) in [4.78, 5) is 24.4. The molecule has 6 fully saturated rings. The van der Waals surface area contributed by atoms with Crippen LogP contribution in [0.5, 0.6) is 0 Å². The first-order valence-corrected chi connectivity index (χ1v) is 16.1. The van der Waals surface area contributed by atoms with Crippen molar-refractivity contribution in [1.82, 2.24) is 10.6 Å². The van der Waals surface area contributed by atoms with Gasteiger partial charge in [0.15, 0.2) is 5.79 Å². The molecule has 4 aliphatic carbocycles. The summed E-state index contributed by atoms with van der Waals surface area (Å²) in [6.45, 7) is 10.8. The van der Waals surface area contributed by atoms with E-state index in [9.17, 15) is 9.59 Å². The fourth-order valence-electron chi connectivity index (χ4n) is 11.1. The molecule has 7 heteroatoms. The average Bonchev–Trinajstić information content (AvgIpc) is 3.34. The van der Waals surface area contributed by atoms with Gasteiger partial charge in [-0.15, -0.1) is 0 Å². The molecule has 2 heterocycles. The lowest BCUT2D eigenvalue weighted by Gasteiger charge is -2.61. The number of nitrogens with one attached hydrogen (secondary N) is 2. The van der Waals surface area contributed by atoms with E-state index in [0.29, 0.717) is 40.6 Å². The van der Waals surface area contributed by atoms with Gasteiger partial charge < -0.3 is 25.2 Å². The van der Waals surface area contributed by atoms with Crippen molar-refractivity contribution in [3.63, 3.8) is 0 Å². The van der Waals surface area contributed by atoms with E-state index in [-0.39, 0.29) is 43.2 Å². The van der Waals surface area contributed by atoms with Crippen LogP contribution in [0.4, 0.5) is 0 Å². The van der Waals surface area contributed by atoms with Crippen LogP contribution >= 0.6 is 0 Å². The Bertz CT molecular complexity index is 949. The van der Waals surface area contributed by atoms with Crippen molar-refractivity contribution < 1.29 is 24.2 Å². The van der Waals surface area contributed by atoms with Gasteiger partial charge in [0, 0.05) is 24.9 Å². The fourth-order valence-corrected chi connectivity index (χ4v) is 11.1. The van der Waals surface area contributed by atoms with Gasteiger partial charge in [-0.05, 0) is 104 Å². The predicted molar refractivity (Wildman–Crippen MR) is 148 cm³/mol. The van der Waals surface area contributed by atoms with Crippen molar-refractivity contribution >= 4 is 11.8 Å². The predicted octanol–water partition coefficient (Wildman–Crippen LogP) is 4.42. The number of carbonyl (C=O) groups excluding carboxylic acids is 2. The second kappa shape index (κ2) is 10.3. The van der Waals surface area contributed by atoms with Crippen molar-refractivity contribution in [2.45, 2.75) is 116 Å². The molecule has 0 radical (unpaired) electrons. The van der Waals surface area contributed by atoms with Gasteiger partial charge in [-0.25, -0.2) is 0 Å². The van der Waals surface area contributed by atoms with Crippen molar-refractivity contribution in [3.8, 4) is 0 Å². The summed E-state index contributed by atoms with van der Waals surface area (Å²) in [5, 5.41) is 14.6. The Morgan fingerprint density at radius 1 is 0.923 bits per heavy atom. The molecule has 0 bridgehead atoms. The molecule has 39 heavy (non-hydrogen) atoms. The van der Waals surface area contributed by atoms with Gasteiger partial charge in [-0.3, -0.25) is 9.59 Å². The standard InChI is InChI=1S/C32H52N2O5/c1-19-7-12-32(38-18-19)20(2)29-26(39-32)16-25-23-6-5-21-15-22(34-28(37)17-27(36)33-13-14-35)8-10-30(21,3)24(23)9-11-31(25,29)4/h19-26,29,35H,5-18H2,1-4H3,(H,33,36)(H,34,37)/t19-,20+,21+,22?,23-,24+,25+,26+,29+,30+,31+,32-/m1/s1. The number of aliphatic hydroxyl groups is 1. The number of hydrogen-bond acceptors (Lipinski definition) is 5. The van der Waals surface area contributed by atoms with Crippen LogP contribution in [0.2, 0.25) is 0 Å². The van der Waals surface area contributed by atoms with Gasteiger partial charge in [0.25, 0.3) is 0 Å². The Labute approximate surface area is 234 Å². The molecule has 6 aliphatic rings. The summed E-state index contributed by atoms with van der Waals surface area (Å²) in [7, 11) is 0. The third kappa shape index (κ3) is 4.57. The SMILES string of the molecule is C[C@@H]1CC[C@@]2(OC1)O[C@H]1C[C@H]3[C@@H]4CC[C@H]5CC(NC(=O)CC(=O)NCCO)CC[C@]5(C)[C@H]4CC[C@]3(C)[C@H]1[C@@H]2C. The van der Waals surface area contributed by atoms with Gasteiger partial charge in [0.05, 0.1) is 19.3 Å². The molecule has 0 aromatic rings. The number of rotatable bonds is 5. The monoisotopic (exact) mass is 544 g/mol. The van der Waals surface area contributed by atoms with E-state index < -0.39 is 0 Å². The highest BCUT2D eigenvalue weighted by Crippen LogP contribution is 2.71. The molecule has 1 spiro atoms. The Balaban J connectivity index is 1.10. The molecule has 6 rings (SSSR count). The molecule has 1 unspecified atom stereocenters. The highest BCUT2D eigenvalue weighted by atomic mass is 16.7. The van der Waals surface area contributed by atoms with Gasteiger partial charge >= 0.3 is 0 Å². The second-order valence-corrected chi connectivity index (χ2v) is 15.0. The van der Waals surface area contributed by atoms with E-state index in [4.69, 9.17) is 14.6 Å². The average molecular weight is 545 g/mol. The van der Waals surface area contributed by atoms with Crippen LogP contribution in [0.15, 0.2) is 0 Å². The van der Waals surface area contributed by atoms with E-state index in [2.05, 4.69) is 38.3 Å². The number of fused-ring (bicyclic) bond motifs is 7. The van der Waals surface area contributed by atoms with Crippen molar-refractivity contribution in [2.24, 2.45) is 52.3 Å². The first-order valence-electron chi connectivity index (χ1n) is 16.1. The molecule has 2 amide bonds. The molecule has 3 N–H and O–H groups in total. The summed E-state index contributed by atoms with van der Waals surface area (Å²) in [6.07, 6.45) is 12.1. The van der Waals surface area contributed by atoms with E-state index in [1.165, 1.54) is 44.9 Å². The molecule has 2 aliphatic heterocycles. The highest BCUT2D eigenvalue weighted by molar-refractivity contribution is 5.96. The number of carbonyl (C=O) groups is 2. The first kappa shape index (κ1) is 28.0. The van der Waals surface area contributed by atoms with Crippen LogP contribution in [-0.2, 0) is 19.1 Å². The fraction of sp³-hybridized carbons (Fsp3) is 0.938. The summed E-state index contributed by atoms with van der Waals surface area (Å²) in [5.41, 5.74) is 0.699. The molecular formula is C32H52N2O5. The molecule has 4 saturated carbocycles. The summed E-state index contributed by atoms with van der Waals surface area (Å²) < 4.78 is 13.4. The van der Waals surface area contributed by atoms with Gasteiger partial charge in [-0.2, -0.15) is 0 Å². The van der Waals surface area contributed by atoms with Crippen molar-refractivity contribution in [3.05, 3.63) is 0 Å². The summed E-state index contributed by atoms with van der Waals surface area (Å²) in [6, 6.07) is 0.168. The van der Waals surface area contributed by atoms with Crippen LogP contribution in [-0.4, -0.2) is 54.6 Å². The summed E-state index contributed by atoms with van der Waals surface area (Å²) >= 11 is 0. The van der Waals surface area contributed by atoms with Gasteiger partial charge in [0.2, 0.25) is 11.8 Å². The lowest BCUT2D eigenvalue weighted by molar-refractivity contribution is -0.273. The van der Waals surface area contributed by atoms with Gasteiger partial charge in [-0.1, -0.05) is 27.7 Å². The lowest BCUT2D eigenvalue weighted by atomic mass is 9.44. The molecule has 7 nitrogen and oxygen atoms in total. The minimum absolute atomic E-state index is 0.111.